The first kappa shape index (κ1) is 28.6. The summed E-state index contributed by atoms with van der Waals surface area (Å²) >= 11 is 1.35. The number of thiazole rings is 1. The number of pyridine rings is 1. The fraction of sp³-hybridized carbons (Fsp3) is 0.250. The lowest BCUT2D eigenvalue weighted by Gasteiger charge is -2.21. The minimum Gasteiger partial charge on any atom is -0.492 e. The maximum atomic E-state index is 13.8. The summed E-state index contributed by atoms with van der Waals surface area (Å²) in [6.45, 7) is 2.46. The highest BCUT2D eigenvalue weighted by Crippen LogP contribution is 2.35. The second-order valence-corrected chi connectivity index (χ2v) is 11.4. The van der Waals surface area contributed by atoms with Gasteiger partial charge in [0.1, 0.15) is 11.3 Å². The van der Waals surface area contributed by atoms with Gasteiger partial charge in [-0.05, 0) is 55.5 Å². The number of sulfonamides is 1. The molecule has 204 valence electrons. The molecule has 4 rings (SSSR count). The van der Waals surface area contributed by atoms with Crippen LogP contribution >= 0.6 is 11.3 Å². The number of nitrogens with zero attached hydrogens (tertiary/aromatic N) is 6. The predicted octanol–water partition coefficient (Wildman–Crippen LogP) is 4.76. The summed E-state index contributed by atoms with van der Waals surface area (Å²) in [5, 5.41) is 18.3. The number of hydrogen-bond acceptors (Lipinski definition) is 9. The number of carbonyl (C=O) groups is 1. The van der Waals surface area contributed by atoms with E-state index in [2.05, 4.69) is 4.98 Å². The van der Waals surface area contributed by atoms with Crippen molar-refractivity contribution >= 4 is 42.6 Å². The number of para-hydroxylation sites is 1. The maximum absolute atomic E-state index is 13.8. The van der Waals surface area contributed by atoms with Gasteiger partial charge in [-0.25, -0.2) is 13.4 Å². The Hall–Kier alpha value is -4.36. The molecule has 0 aliphatic heterocycles. The number of nitriles is 2. The van der Waals surface area contributed by atoms with Crippen molar-refractivity contribution in [3.63, 3.8) is 0 Å². The predicted molar refractivity (Wildman–Crippen MR) is 151 cm³/mol. The molecule has 0 spiro atoms. The van der Waals surface area contributed by atoms with Crippen molar-refractivity contribution in [1.29, 1.82) is 10.5 Å². The van der Waals surface area contributed by atoms with E-state index in [0.29, 0.717) is 28.7 Å². The highest BCUT2D eigenvalue weighted by molar-refractivity contribution is 7.89. The van der Waals surface area contributed by atoms with Crippen LogP contribution in [0, 0.1) is 22.7 Å². The Labute approximate surface area is 236 Å². The fourth-order valence-corrected chi connectivity index (χ4v) is 6.38. The minimum atomic E-state index is -3.96. The number of aromatic nitrogens is 2. The molecule has 0 radical (unpaired) electrons. The van der Waals surface area contributed by atoms with Gasteiger partial charge in [0, 0.05) is 37.7 Å². The van der Waals surface area contributed by atoms with Crippen molar-refractivity contribution in [3.8, 4) is 17.9 Å². The number of hydrogen-bond donors (Lipinski definition) is 0. The highest BCUT2D eigenvalue weighted by atomic mass is 32.2. The molecule has 10 nitrogen and oxygen atoms in total. The summed E-state index contributed by atoms with van der Waals surface area (Å²) in [6, 6.07) is 20.5. The zero-order chi connectivity index (χ0) is 28.5. The largest absolute Gasteiger partial charge is 0.492 e. The van der Waals surface area contributed by atoms with Gasteiger partial charge in [-0.3, -0.25) is 14.7 Å². The number of carbonyl (C=O) groups excluding carboxylic acids is 1. The van der Waals surface area contributed by atoms with E-state index in [4.69, 9.17) is 20.2 Å². The molecule has 0 aliphatic rings. The Bertz CT molecular complexity index is 1640. The van der Waals surface area contributed by atoms with E-state index in [1.807, 2.05) is 49.4 Å². The lowest BCUT2D eigenvalue weighted by molar-refractivity contribution is 0.0984. The number of fused-ring (bicyclic) bond motifs is 1. The van der Waals surface area contributed by atoms with Crippen LogP contribution in [0.3, 0.4) is 0 Å². The Morgan fingerprint density at radius 2 is 1.73 bits per heavy atom. The molecular formula is C28H26N6O4S2. The van der Waals surface area contributed by atoms with Crippen LogP contribution in [0.5, 0.6) is 5.75 Å². The Morgan fingerprint density at radius 1 is 1.00 bits per heavy atom. The molecule has 2 aromatic carbocycles. The molecule has 0 aliphatic carbocycles. The molecule has 0 N–H and O–H groups in total. The van der Waals surface area contributed by atoms with Crippen molar-refractivity contribution in [2.24, 2.45) is 0 Å². The quantitative estimate of drug-likeness (QED) is 0.236. The first-order valence-electron chi connectivity index (χ1n) is 12.5. The number of anilines is 1. The van der Waals surface area contributed by atoms with Crippen molar-refractivity contribution < 1.29 is 17.9 Å². The Balaban J connectivity index is 1.68. The van der Waals surface area contributed by atoms with Crippen molar-refractivity contribution in [3.05, 3.63) is 78.1 Å². The molecule has 2 heterocycles. The van der Waals surface area contributed by atoms with E-state index in [-0.39, 0.29) is 48.8 Å². The fourth-order valence-electron chi connectivity index (χ4n) is 3.95. The lowest BCUT2D eigenvalue weighted by Crippen LogP contribution is -2.33. The average molecular weight is 575 g/mol. The van der Waals surface area contributed by atoms with Crippen LogP contribution in [-0.2, 0) is 16.6 Å². The number of amides is 1. The van der Waals surface area contributed by atoms with Crippen LogP contribution in [0.4, 0.5) is 5.13 Å². The average Bonchev–Trinajstić information content (AvgIpc) is 3.41. The third kappa shape index (κ3) is 6.43. The third-order valence-corrected chi connectivity index (χ3v) is 8.83. The van der Waals surface area contributed by atoms with Gasteiger partial charge in [0.25, 0.3) is 5.91 Å². The van der Waals surface area contributed by atoms with Crippen LogP contribution in [0.2, 0.25) is 0 Å². The molecule has 40 heavy (non-hydrogen) atoms. The SMILES string of the molecule is CCOc1cccc2sc(N(Cc3ccccn3)C(=O)c3ccc(S(=O)(=O)N(CCC#N)CCC#N)cc3)nc12. The minimum absolute atomic E-state index is 0.00309. The van der Waals surface area contributed by atoms with Gasteiger partial charge in [0.2, 0.25) is 10.0 Å². The molecule has 2 aromatic heterocycles. The second-order valence-electron chi connectivity index (χ2n) is 8.49. The zero-order valence-corrected chi connectivity index (χ0v) is 23.4. The van der Waals surface area contributed by atoms with E-state index in [9.17, 15) is 13.2 Å². The summed E-state index contributed by atoms with van der Waals surface area (Å²) < 4.78 is 34.1. The second kappa shape index (κ2) is 13.1. The van der Waals surface area contributed by atoms with Crippen LogP contribution in [0.25, 0.3) is 10.2 Å². The maximum Gasteiger partial charge on any atom is 0.260 e. The molecular weight excluding hydrogens is 548 g/mol. The number of benzene rings is 2. The lowest BCUT2D eigenvalue weighted by atomic mass is 10.2. The van der Waals surface area contributed by atoms with Gasteiger partial charge in [-0.2, -0.15) is 14.8 Å². The van der Waals surface area contributed by atoms with Crippen LogP contribution in [0.15, 0.2) is 71.8 Å². The summed E-state index contributed by atoms with van der Waals surface area (Å²) in [4.78, 5) is 24.4. The van der Waals surface area contributed by atoms with Crippen LogP contribution < -0.4 is 9.64 Å². The Kier molecular flexibility index (Phi) is 9.40. The third-order valence-electron chi connectivity index (χ3n) is 5.88. The standard InChI is InChI=1S/C28H26N6O4S2/c1-2-38-24-9-5-10-25-26(24)32-28(39-25)34(20-22-8-3-4-17-31-22)27(35)21-11-13-23(14-12-21)40(36,37)33(18-6-15-29)19-7-16-30/h3-5,8-14,17H,2,6-7,18-20H2,1H3. The van der Waals surface area contributed by atoms with Gasteiger partial charge in [-0.15, -0.1) is 0 Å². The highest BCUT2D eigenvalue weighted by Gasteiger charge is 2.26. The van der Waals surface area contributed by atoms with Crippen molar-refractivity contribution in [1.82, 2.24) is 14.3 Å². The van der Waals surface area contributed by atoms with E-state index in [1.54, 1.807) is 12.3 Å². The van der Waals surface area contributed by atoms with Crippen LogP contribution in [-0.4, -0.2) is 48.3 Å². The monoisotopic (exact) mass is 574 g/mol. The van der Waals surface area contributed by atoms with Gasteiger partial charge in [0.15, 0.2) is 5.13 Å². The van der Waals surface area contributed by atoms with Gasteiger partial charge in [0.05, 0.1) is 40.6 Å². The molecule has 12 heteroatoms. The van der Waals surface area contributed by atoms with Crippen molar-refractivity contribution in [2.75, 3.05) is 24.6 Å². The normalized spacial score (nSPS) is 11.2. The molecule has 0 bridgehead atoms. The zero-order valence-electron chi connectivity index (χ0n) is 21.7. The topological polar surface area (TPSA) is 140 Å². The first-order valence-corrected chi connectivity index (χ1v) is 14.7. The van der Waals surface area contributed by atoms with E-state index < -0.39 is 10.0 Å². The molecule has 0 saturated carbocycles. The molecule has 0 atom stereocenters. The van der Waals surface area contributed by atoms with E-state index in [0.717, 1.165) is 9.01 Å². The van der Waals surface area contributed by atoms with E-state index in [1.165, 1.54) is 40.5 Å². The van der Waals surface area contributed by atoms with E-state index >= 15 is 0 Å². The smallest absolute Gasteiger partial charge is 0.260 e. The first-order chi connectivity index (χ1) is 19.4. The molecule has 4 aromatic rings. The molecule has 0 saturated heterocycles. The summed E-state index contributed by atoms with van der Waals surface area (Å²) in [5.74, 6) is 0.247. The molecule has 0 fully saturated rings. The molecule has 0 unspecified atom stereocenters. The summed E-state index contributed by atoms with van der Waals surface area (Å²) in [5.41, 5.74) is 1.57. The number of ether oxygens (including phenoxy) is 1. The molecule has 1 amide bonds. The Morgan fingerprint density at radius 3 is 2.35 bits per heavy atom. The van der Waals surface area contributed by atoms with Crippen LogP contribution in [0.1, 0.15) is 35.8 Å². The van der Waals surface area contributed by atoms with Gasteiger partial charge >= 0.3 is 0 Å². The summed E-state index contributed by atoms with van der Waals surface area (Å²) in [6.07, 6.45) is 1.64. The van der Waals surface area contributed by atoms with Crippen molar-refractivity contribution in [2.45, 2.75) is 31.2 Å². The number of rotatable bonds is 12. The van der Waals surface area contributed by atoms with Gasteiger partial charge < -0.3 is 4.74 Å². The summed E-state index contributed by atoms with van der Waals surface area (Å²) in [7, 11) is -3.96. The van der Waals surface area contributed by atoms with Gasteiger partial charge in [-0.1, -0.05) is 23.5 Å².